The Hall–Kier alpha value is -1.94. The second kappa shape index (κ2) is 5.45. The van der Waals surface area contributed by atoms with Crippen LogP contribution in [0.2, 0.25) is 0 Å². The van der Waals surface area contributed by atoms with Gasteiger partial charge in [-0.1, -0.05) is 15.9 Å². The monoisotopic (exact) mass is 344 g/mol. The predicted octanol–water partition coefficient (Wildman–Crippen LogP) is 5.06. The summed E-state index contributed by atoms with van der Waals surface area (Å²) in [6.45, 7) is 4.13. The molecule has 0 radical (unpaired) electrons. The lowest BCUT2D eigenvalue weighted by molar-refractivity contribution is 0.628. The van der Waals surface area contributed by atoms with E-state index in [1.165, 1.54) is 23.3 Å². The fraction of sp³-hybridized carbons (Fsp3) is 0.118. The molecule has 1 heterocycles. The Morgan fingerprint density at radius 1 is 1.05 bits per heavy atom. The molecule has 2 aromatic carbocycles. The van der Waals surface area contributed by atoms with Gasteiger partial charge in [0.25, 0.3) is 0 Å². The van der Waals surface area contributed by atoms with Gasteiger partial charge in [0.1, 0.15) is 11.6 Å². The van der Waals surface area contributed by atoms with Gasteiger partial charge in [-0.2, -0.15) is 0 Å². The highest BCUT2D eigenvalue weighted by atomic mass is 79.9. The number of hydrogen-bond donors (Lipinski definition) is 0. The summed E-state index contributed by atoms with van der Waals surface area (Å²) >= 11 is 3.58. The van der Waals surface area contributed by atoms with Gasteiger partial charge >= 0.3 is 0 Å². The van der Waals surface area contributed by atoms with Gasteiger partial charge in [-0.05, 0) is 61.4 Å². The average molecular weight is 345 g/mol. The number of rotatable bonds is 2. The molecule has 0 saturated heterocycles. The van der Waals surface area contributed by atoms with Gasteiger partial charge in [0.05, 0.1) is 0 Å². The molecule has 0 saturated carbocycles. The summed E-state index contributed by atoms with van der Waals surface area (Å²) in [7, 11) is 0. The van der Waals surface area contributed by atoms with Crippen LogP contribution in [0.5, 0.6) is 0 Å². The van der Waals surface area contributed by atoms with Gasteiger partial charge in [0.15, 0.2) is 0 Å². The molecule has 0 atom stereocenters. The third-order valence-corrected chi connectivity index (χ3v) is 4.69. The molecule has 0 spiro atoms. The third kappa shape index (κ3) is 2.63. The Kier molecular flexibility index (Phi) is 3.64. The quantitative estimate of drug-likeness (QED) is 0.635. The van der Waals surface area contributed by atoms with Crippen LogP contribution in [0.1, 0.15) is 11.1 Å². The summed E-state index contributed by atoms with van der Waals surface area (Å²) < 4.78 is 16.2. The van der Waals surface area contributed by atoms with Crippen LogP contribution in [-0.2, 0) is 0 Å². The standard InChI is InChI=1S/C17H14BrFN2/c1-11-9-15(10-12(2)16(11)18)21-8-7-20-17(21)13-3-5-14(19)6-4-13/h3-10H,1-2H3. The molecule has 2 nitrogen and oxygen atoms in total. The number of aryl methyl sites for hydroxylation is 2. The maximum Gasteiger partial charge on any atom is 0.144 e. The molecule has 3 rings (SSSR count). The zero-order valence-corrected chi connectivity index (χ0v) is 13.4. The van der Waals surface area contributed by atoms with Crippen LogP contribution >= 0.6 is 15.9 Å². The first-order chi connectivity index (χ1) is 10.1. The van der Waals surface area contributed by atoms with Crippen LogP contribution in [0.15, 0.2) is 53.3 Å². The largest absolute Gasteiger partial charge is 0.300 e. The van der Waals surface area contributed by atoms with E-state index in [0.717, 1.165) is 21.5 Å². The van der Waals surface area contributed by atoms with Crippen molar-refractivity contribution in [3.05, 3.63) is 70.2 Å². The van der Waals surface area contributed by atoms with Crippen molar-refractivity contribution in [3.63, 3.8) is 0 Å². The lowest BCUT2D eigenvalue weighted by Gasteiger charge is -2.12. The van der Waals surface area contributed by atoms with Crippen LogP contribution in [0, 0.1) is 19.7 Å². The summed E-state index contributed by atoms with van der Waals surface area (Å²) in [5.74, 6) is 0.559. The molecule has 0 aliphatic rings. The maximum atomic E-state index is 13.1. The number of nitrogens with zero attached hydrogens (tertiary/aromatic N) is 2. The summed E-state index contributed by atoms with van der Waals surface area (Å²) in [6, 6.07) is 10.6. The zero-order valence-electron chi connectivity index (χ0n) is 11.8. The van der Waals surface area contributed by atoms with Gasteiger partial charge in [-0.25, -0.2) is 9.37 Å². The Bertz CT molecular complexity index is 768. The smallest absolute Gasteiger partial charge is 0.144 e. The van der Waals surface area contributed by atoms with E-state index in [2.05, 4.69) is 46.9 Å². The van der Waals surface area contributed by atoms with Crippen molar-refractivity contribution in [1.82, 2.24) is 9.55 Å². The minimum absolute atomic E-state index is 0.243. The average Bonchev–Trinajstić information content (AvgIpc) is 2.94. The van der Waals surface area contributed by atoms with Gasteiger partial charge in [0.2, 0.25) is 0 Å². The molecule has 0 amide bonds. The highest BCUT2D eigenvalue weighted by molar-refractivity contribution is 9.10. The molecule has 21 heavy (non-hydrogen) atoms. The van der Waals surface area contributed by atoms with E-state index in [1.807, 2.05) is 10.8 Å². The van der Waals surface area contributed by atoms with E-state index >= 15 is 0 Å². The van der Waals surface area contributed by atoms with Crippen LogP contribution in [0.3, 0.4) is 0 Å². The fourth-order valence-corrected chi connectivity index (χ4v) is 2.62. The molecule has 4 heteroatoms. The van der Waals surface area contributed by atoms with Crippen LogP contribution in [0.4, 0.5) is 4.39 Å². The summed E-state index contributed by atoms with van der Waals surface area (Å²) in [6.07, 6.45) is 3.67. The van der Waals surface area contributed by atoms with E-state index in [-0.39, 0.29) is 5.82 Å². The van der Waals surface area contributed by atoms with E-state index in [9.17, 15) is 4.39 Å². The molecular formula is C17H14BrFN2. The summed E-state index contributed by atoms with van der Waals surface area (Å²) in [5.41, 5.74) is 4.28. The number of imidazole rings is 1. The van der Waals surface area contributed by atoms with Crippen molar-refractivity contribution >= 4 is 15.9 Å². The zero-order chi connectivity index (χ0) is 15.0. The van der Waals surface area contributed by atoms with E-state index < -0.39 is 0 Å². The maximum absolute atomic E-state index is 13.1. The minimum atomic E-state index is -0.243. The van der Waals surface area contributed by atoms with Crippen LogP contribution < -0.4 is 0 Å². The van der Waals surface area contributed by atoms with Crippen molar-refractivity contribution in [2.75, 3.05) is 0 Å². The number of halogens is 2. The first-order valence-corrected chi connectivity index (χ1v) is 7.42. The Labute approximate surface area is 131 Å². The first kappa shape index (κ1) is 14.0. The molecule has 0 aliphatic carbocycles. The second-order valence-corrected chi connectivity index (χ2v) is 5.81. The molecule has 106 valence electrons. The predicted molar refractivity (Wildman–Crippen MR) is 86.1 cm³/mol. The fourth-order valence-electron chi connectivity index (χ4n) is 2.39. The Morgan fingerprint density at radius 2 is 1.67 bits per heavy atom. The van der Waals surface area contributed by atoms with Crippen molar-refractivity contribution in [1.29, 1.82) is 0 Å². The SMILES string of the molecule is Cc1cc(-n2ccnc2-c2ccc(F)cc2)cc(C)c1Br. The second-order valence-electron chi connectivity index (χ2n) is 5.02. The Balaban J connectivity index is 2.13. The normalized spacial score (nSPS) is 10.9. The highest BCUT2D eigenvalue weighted by Gasteiger charge is 2.10. The third-order valence-electron chi connectivity index (χ3n) is 3.44. The molecule has 0 fully saturated rings. The highest BCUT2D eigenvalue weighted by Crippen LogP contribution is 2.27. The van der Waals surface area contributed by atoms with E-state index in [4.69, 9.17) is 0 Å². The first-order valence-electron chi connectivity index (χ1n) is 6.62. The van der Waals surface area contributed by atoms with Gasteiger partial charge < -0.3 is 0 Å². The van der Waals surface area contributed by atoms with E-state index in [0.29, 0.717) is 0 Å². The van der Waals surface area contributed by atoms with Crippen molar-refractivity contribution < 1.29 is 4.39 Å². The van der Waals surface area contributed by atoms with Gasteiger partial charge in [0, 0.05) is 28.1 Å². The molecule has 1 aromatic heterocycles. The molecule has 0 bridgehead atoms. The molecule has 0 N–H and O–H groups in total. The topological polar surface area (TPSA) is 17.8 Å². The number of hydrogen-bond acceptors (Lipinski definition) is 1. The number of benzene rings is 2. The van der Waals surface area contributed by atoms with Crippen molar-refractivity contribution in [3.8, 4) is 17.1 Å². The molecular weight excluding hydrogens is 331 g/mol. The summed E-state index contributed by atoms with van der Waals surface area (Å²) in [5, 5.41) is 0. The molecule has 0 aliphatic heterocycles. The van der Waals surface area contributed by atoms with Gasteiger partial charge in [-0.15, -0.1) is 0 Å². The van der Waals surface area contributed by atoms with Crippen molar-refractivity contribution in [2.45, 2.75) is 13.8 Å². The van der Waals surface area contributed by atoms with Crippen molar-refractivity contribution in [2.24, 2.45) is 0 Å². The number of aromatic nitrogens is 2. The minimum Gasteiger partial charge on any atom is -0.300 e. The summed E-state index contributed by atoms with van der Waals surface area (Å²) in [4.78, 5) is 4.40. The van der Waals surface area contributed by atoms with Crippen LogP contribution in [0.25, 0.3) is 17.1 Å². The van der Waals surface area contributed by atoms with E-state index in [1.54, 1.807) is 18.3 Å². The van der Waals surface area contributed by atoms with Gasteiger partial charge in [-0.3, -0.25) is 4.57 Å². The molecule has 0 unspecified atom stereocenters. The molecule has 3 aromatic rings. The lowest BCUT2D eigenvalue weighted by Crippen LogP contribution is -1.98. The Morgan fingerprint density at radius 3 is 2.29 bits per heavy atom. The lowest BCUT2D eigenvalue weighted by atomic mass is 10.1. The van der Waals surface area contributed by atoms with Crippen LogP contribution in [-0.4, -0.2) is 9.55 Å².